The molecule has 0 saturated carbocycles. The number of pyridine rings is 1. The van der Waals surface area contributed by atoms with Gasteiger partial charge in [0.15, 0.2) is 11.5 Å². The van der Waals surface area contributed by atoms with Crippen molar-refractivity contribution in [1.82, 2.24) is 15.0 Å². The highest BCUT2D eigenvalue weighted by molar-refractivity contribution is 5.93. The summed E-state index contributed by atoms with van der Waals surface area (Å²) in [5.41, 5.74) is 0.299. The highest BCUT2D eigenvalue weighted by Gasteiger charge is 2.25. The molecule has 7 nitrogen and oxygen atoms in total. The quantitative estimate of drug-likeness (QED) is 0.736. The van der Waals surface area contributed by atoms with Gasteiger partial charge in [-0.25, -0.2) is 4.98 Å². The number of piperazine rings is 1. The summed E-state index contributed by atoms with van der Waals surface area (Å²) >= 11 is 0. The predicted molar refractivity (Wildman–Crippen MR) is 86.6 cm³/mol. The van der Waals surface area contributed by atoms with Gasteiger partial charge in [-0.3, -0.25) is 4.79 Å². The lowest BCUT2D eigenvalue weighted by atomic mass is 10.2. The van der Waals surface area contributed by atoms with Gasteiger partial charge in [0.2, 0.25) is 5.76 Å². The van der Waals surface area contributed by atoms with E-state index in [0.717, 1.165) is 18.9 Å². The molecule has 0 radical (unpaired) electrons. The third-order valence-electron chi connectivity index (χ3n) is 4.03. The first kappa shape index (κ1) is 14.5. The number of hydrogen-bond donors (Lipinski definition) is 0. The Morgan fingerprint density at radius 2 is 1.92 bits per heavy atom. The van der Waals surface area contributed by atoms with E-state index in [1.807, 2.05) is 18.2 Å². The maximum Gasteiger partial charge on any atom is 0.276 e. The third kappa shape index (κ3) is 2.76. The molecule has 3 aromatic heterocycles. The number of carbonyl (C=O) groups excluding carboxylic acids is 1. The molecule has 0 aliphatic carbocycles. The fraction of sp³-hybridized carbons (Fsp3) is 0.235. The minimum absolute atomic E-state index is 0.128. The molecule has 7 heteroatoms. The highest BCUT2D eigenvalue weighted by atomic mass is 16.5. The van der Waals surface area contributed by atoms with Crippen LogP contribution in [0.4, 0.5) is 5.82 Å². The zero-order valence-corrected chi connectivity index (χ0v) is 13.0. The van der Waals surface area contributed by atoms with Crippen molar-refractivity contribution in [2.24, 2.45) is 0 Å². The average Bonchev–Trinajstić information content (AvgIpc) is 3.33. The standard InChI is InChI=1S/C17H16N4O3/c22-17(13-12-15(24-19-13)14-4-3-11-23-14)21-9-7-20(8-10-21)16-5-1-2-6-18-16/h1-6,11-12H,7-10H2. The van der Waals surface area contributed by atoms with Crippen LogP contribution < -0.4 is 4.90 Å². The smallest absolute Gasteiger partial charge is 0.276 e. The Morgan fingerprint density at radius 3 is 2.62 bits per heavy atom. The summed E-state index contributed by atoms with van der Waals surface area (Å²) in [6, 6.07) is 11.0. The molecule has 0 bridgehead atoms. The van der Waals surface area contributed by atoms with Crippen LogP contribution in [-0.4, -0.2) is 47.1 Å². The Kier molecular flexibility index (Phi) is 3.74. The van der Waals surface area contributed by atoms with Crippen molar-refractivity contribution in [2.45, 2.75) is 0 Å². The summed E-state index contributed by atoms with van der Waals surface area (Å²) in [6.45, 7) is 2.73. The van der Waals surface area contributed by atoms with Gasteiger partial charge in [0.1, 0.15) is 5.82 Å². The molecule has 1 amide bonds. The van der Waals surface area contributed by atoms with Crippen molar-refractivity contribution in [3.05, 3.63) is 54.6 Å². The molecular weight excluding hydrogens is 308 g/mol. The van der Waals surface area contributed by atoms with Gasteiger partial charge in [-0.1, -0.05) is 11.2 Å². The molecule has 0 unspecified atom stereocenters. The van der Waals surface area contributed by atoms with Crippen molar-refractivity contribution in [2.75, 3.05) is 31.1 Å². The van der Waals surface area contributed by atoms with Crippen LogP contribution in [0.2, 0.25) is 0 Å². The second-order valence-corrected chi connectivity index (χ2v) is 5.52. The fourth-order valence-electron chi connectivity index (χ4n) is 2.75. The lowest BCUT2D eigenvalue weighted by Crippen LogP contribution is -2.49. The summed E-state index contributed by atoms with van der Waals surface area (Å²) in [6.07, 6.45) is 3.33. The van der Waals surface area contributed by atoms with Crippen LogP contribution in [-0.2, 0) is 0 Å². The van der Waals surface area contributed by atoms with Gasteiger partial charge in [0, 0.05) is 38.4 Å². The molecule has 0 aromatic carbocycles. The van der Waals surface area contributed by atoms with Crippen LogP contribution in [0, 0.1) is 0 Å². The number of amides is 1. The van der Waals surface area contributed by atoms with Crippen LogP contribution in [0.25, 0.3) is 11.5 Å². The van der Waals surface area contributed by atoms with Gasteiger partial charge >= 0.3 is 0 Å². The van der Waals surface area contributed by atoms with E-state index in [0.29, 0.717) is 30.3 Å². The molecular formula is C17H16N4O3. The molecule has 1 saturated heterocycles. The predicted octanol–water partition coefficient (Wildman–Crippen LogP) is 2.29. The van der Waals surface area contributed by atoms with Crippen molar-refractivity contribution >= 4 is 11.7 Å². The maximum absolute atomic E-state index is 12.6. The van der Waals surface area contributed by atoms with Crippen LogP contribution in [0.3, 0.4) is 0 Å². The van der Waals surface area contributed by atoms with Crippen LogP contribution in [0.15, 0.2) is 57.8 Å². The van der Waals surface area contributed by atoms with Crippen molar-refractivity contribution in [3.8, 4) is 11.5 Å². The second kappa shape index (κ2) is 6.19. The van der Waals surface area contributed by atoms with Crippen molar-refractivity contribution in [3.63, 3.8) is 0 Å². The molecule has 4 rings (SSSR count). The number of hydrogen-bond acceptors (Lipinski definition) is 6. The first-order valence-corrected chi connectivity index (χ1v) is 7.77. The number of rotatable bonds is 3. The van der Waals surface area contributed by atoms with Crippen LogP contribution in [0.5, 0.6) is 0 Å². The Hall–Kier alpha value is -3.09. The van der Waals surface area contributed by atoms with E-state index in [1.54, 1.807) is 35.6 Å². The van der Waals surface area contributed by atoms with Gasteiger partial charge < -0.3 is 18.7 Å². The molecule has 122 valence electrons. The highest BCUT2D eigenvalue weighted by Crippen LogP contribution is 2.21. The fourth-order valence-corrected chi connectivity index (χ4v) is 2.75. The number of aromatic nitrogens is 2. The number of carbonyl (C=O) groups is 1. The molecule has 24 heavy (non-hydrogen) atoms. The second-order valence-electron chi connectivity index (χ2n) is 5.52. The molecule has 0 atom stereocenters. The zero-order chi connectivity index (χ0) is 16.4. The largest absolute Gasteiger partial charge is 0.461 e. The Morgan fingerprint density at radius 1 is 1.04 bits per heavy atom. The van der Waals surface area contributed by atoms with Gasteiger partial charge in [-0.05, 0) is 24.3 Å². The lowest BCUT2D eigenvalue weighted by Gasteiger charge is -2.34. The Labute approximate surface area is 138 Å². The molecule has 3 aromatic rings. The molecule has 1 aliphatic heterocycles. The number of furan rings is 1. The minimum Gasteiger partial charge on any atom is -0.461 e. The summed E-state index contributed by atoms with van der Waals surface area (Å²) in [4.78, 5) is 20.9. The molecule has 0 spiro atoms. The first-order chi connectivity index (χ1) is 11.8. The first-order valence-electron chi connectivity index (χ1n) is 7.77. The van der Waals surface area contributed by atoms with E-state index in [1.165, 1.54) is 0 Å². The van der Waals surface area contributed by atoms with E-state index >= 15 is 0 Å². The molecule has 1 aliphatic rings. The van der Waals surface area contributed by atoms with E-state index in [-0.39, 0.29) is 5.91 Å². The monoisotopic (exact) mass is 324 g/mol. The van der Waals surface area contributed by atoms with Gasteiger partial charge in [0.25, 0.3) is 5.91 Å². The Bertz CT molecular complexity index is 806. The average molecular weight is 324 g/mol. The molecule has 0 N–H and O–H groups in total. The van der Waals surface area contributed by atoms with Gasteiger partial charge in [0.05, 0.1) is 6.26 Å². The van der Waals surface area contributed by atoms with Gasteiger partial charge in [-0.2, -0.15) is 0 Å². The Balaban J connectivity index is 1.41. The van der Waals surface area contributed by atoms with E-state index in [2.05, 4.69) is 15.0 Å². The summed E-state index contributed by atoms with van der Waals surface area (Å²) in [5, 5.41) is 3.87. The molecule has 1 fully saturated rings. The molecule has 4 heterocycles. The number of nitrogens with zero attached hydrogens (tertiary/aromatic N) is 4. The minimum atomic E-state index is -0.128. The lowest BCUT2D eigenvalue weighted by molar-refractivity contribution is 0.0736. The van der Waals surface area contributed by atoms with E-state index in [4.69, 9.17) is 8.94 Å². The van der Waals surface area contributed by atoms with Crippen molar-refractivity contribution < 1.29 is 13.7 Å². The zero-order valence-electron chi connectivity index (χ0n) is 13.0. The van der Waals surface area contributed by atoms with Crippen LogP contribution in [0.1, 0.15) is 10.5 Å². The number of anilines is 1. The normalized spacial score (nSPS) is 14.8. The summed E-state index contributed by atoms with van der Waals surface area (Å²) < 4.78 is 10.4. The third-order valence-corrected chi connectivity index (χ3v) is 4.03. The maximum atomic E-state index is 12.6. The summed E-state index contributed by atoms with van der Waals surface area (Å²) in [5.74, 6) is 1.82. The summed E-state index contributed by atoms with van der Waals surface area (Å²) in [7, 11) is 0. The van der Waals surface area contributed by atoms with Crippen molar-refractivity contribution in [1.29, 1.82) is 0 Å². The van der Waals surface area contributed by atoms with E-state index in [9.17, 15) is 4.79 Å². The van der Waals surface area contributed by atoms with E-state index < -0.39 is 0 Å². The topological polar surface area (TPSA) is 75.6 Å². The van der Waals surface area contributed by atoms with Gasteiger partial charge in [-0.15, -0.1) is 0 Å². The van der Waals surface area contributed by atoms with Crippen LogP contribution >= 0.6 is 0 Å². The SMILES string of the molecule is O=C(c1cc(-c2ccco2)on1)N1CCN(c2ccccn2)CC1.